The maximum Gasteiger partial charge on any atom is 0.356 e. The van der Waals surface area contributed by atoms with E-state index >= 15 is 0 Å². The summed E-state index contributed by atoms with van der Waals surface area (Å²) in [6, 6.07) is 7.74. The zero-order chi connectivity index (χ0) is 15.1. The Morgan fingerprint density at radius 3 is 2.86 bits per heavy atom. The lowest BCUT2D eigenvalue weighted by molar-refractivity contribution is 0.0594. The highest BCUT2D eigenvalue weighted by molar-refractivity contribution is 5.93. The maximum atomic E-state index is 11.7. The van der Waals surface area contributed by atoms with Crippen LogP contribution in [0.2, 0.25) is 0 Å². The number of aromatic nitrogens is 1. The lowest BCUT2D eigenvalue weighted by Crippen LogP contribution is -2.27. The zero-order valence-electron chi connectivity index (χ0n) is 12.3. The zero-order valence-corrected chi connectivity index (χ0v) is 12.3. The molecule has 0 amide bonds. The van der Waals surface area contributed by atoms with E-state index in [-0.39, 0.29) is 6.04 Å². The summed E-state index contributed by atoms with van der Waals surface area (Å²) in [5.74, 6) is -0.425. The molecule has 3 rings (SSSR count). The number of carbonyl (C=O) groups excluding carboxylic acids is 1. The SMILES string of the molecule is COC(=O)c1cc2c(cn1)-c1cccc(N)c1N(C)[C@H]2C. The van der Waals surface area contributed by atoms with Gasteiger partial charge in [-0.15, -0.1) is 0 Å². The second-order valence-electron chi connectivity index (χ2n) is 5.18. The minimum atomic E-state index is -0.425. The predicted molar refractivity (Wildman–Crippen MR) is 82.2 cm³/mol. The van der Waals surface area contributed by atoms with Gasteiger partial charge in [-0.3, -0.25) is 0 Å². The number of rotatable bonds is 1. The molecule has 1 aromatic heterocycles. The van der Waals surface area contributed by atoms with Gasteiger partial charge >= 0.3 is 5.97 Å². The van der Waals surface area contributed by atoms with Crippen molar-refractivity contribution >= 4 is 17.3 Å². The number of hydrogen-bond acceptors (Lipinski definition) is 5. The number of esters is 1. The average molecular weight is 283 g/mol. The van der Waals surface area contributed by atoms with Crippen molar-refractivity contribution < 1.29 is 9.53 Å². The van der Waals surface area contributed by atoms with E-state index in [1.165, 1.54) is 7.11 Å². The molecule has 5 heteroatoms. The third-order valence-electron chi connectivity index (χ3n) is 4.07. The van der Waals surface area contributed by atoms with Gasteiger partial charge in [0.05, 0.1) is 24.5 Å². The molecule has 0 saturated heterocycles. The molecule has 1 aromatic carbocycles. The van der Waals surface area contributed by atoms with Gasteiger partial charge < -0.3 is 15.4 Å². The lowest BCUT2D eigenvalue weighted by Gasteiger charge is -2.36. The first kappa shape index (κ1) is 13.4. The van der Waals surface area contributed by atoms with E-state index in [9.17, 15) is 4.79 Å². The predicted octanol–water partition coefficient (Wildman–Crippen LogP) is 2.63. The van der Waals surface area contributed by atoms with Gasteiger partial charge in [-0.2, -0.15) is 0 Å². The number of anilines is 2. The number of para-hydroxylation sites is 1. The highest BCUT2D eigenvalue weighted by Gasteiger charge is 2.28. The molecule has 0 fully saturated rings. The van der Waals surface area contributed by atoms with E-state index in [4.69, 9.17) is 10.5 Å². The molecule has 0 saturated carbocycles. The Morgan fingerprint density at radius 1 is 1.38 bits per heavy atom. The Morgan fingerprint density at radius 2 is 2.14 bits per heavy atom. The van der Waals surface area contributed by atoms with Gasteiger partial charge in [0.1, 0.15) is 5.69 Å². The van der Waals surface area contributed by atoms with Crippen molar-refractivity contribution in [2.24, 2.45) is 0 Å². The third kappa shape index (κ3) is 1.93. The number of benzene rings is 1. The second kappa shape index (κ2) is 4.77. The molecule has 0 unspecified atom stereocenters. The van der Waals surface area contributed by atoms with Gasteiger partial charge in [-0.25, -0.2) is 9.78 Å². The first-order chi connectivity index (χ1) is 10.0. The van der Waals surface area contributed by atoms with Gasteiger partial charge in [0.25, 0.3) is 0 Å². The second-order valence-corrected chi connectivity index (χ2v) is 5.18. The van der Waals surface area contributed by atoms with E-state index < -0.39 is 5.97 Å². The summed E-state index contributed by atoms with van der Waals surface area (Å²) in [6.45, 7) is 2.08. The summed E-state index contributed by atoms with van der Waals surface area (Å²) in [5, 5.41) is 0. The van der Waals surface area contributed by atoms with Crippen molar-refractivity contribution in [2.75, 3.05) is 24.8 Å². The monoisotopic (exact) mass is 283 g/mol. The number of fused-ring (bicyclic) bond motifs is 3. The Hall–Kier alpha value is -2.56. The number of pyridine rings is 1. The number of hydrogen-bond donors (Lipinski definition) is 1. The van der Waals surface area contributed by atoms with E-state index in [0.717, 1.165) is 28.1 Å². The summed E-state index contributed by atoms with van der Waals surface area (Å²) in [5.41, 5.74) is 11.3. The van der Waals surface area contributed by atoms with Crippen LogP contribution in [-0.2, 0) is 4.74 Å². The smallest absolute Gasteiger partial charge is 0.356 e. The molecule has 21 heavy (non-hydrogen) atoms. The van der Waals surface area contributed by atoms with Crippen LogP contribution in [-0.4, -0.2) is 25.1 Å². The first-order valence-corrected chi connectivity index (χ1v) is 6.74. The summed E-state index contributed by atoms with van der Waals surface area (Å²) in [6.07, 6.45) is 1.73. The Labute approximate surface area is 123 Å². The Bertz CT molecular complexity index is 727. The highest BCUT2D eigenvalue weighted by atomic mass is 16.5. The van der Waals surface area contributed by atoms with Crippen LogP contribution < -0.4 is 10.6 Å². The topological polar surface area (TPSA) is 68.4 Å². The van der Waals surface area contributed by atoms with E-state index in [2.05, 4.69) is 16.8 Å². The van der Waals surface area contributed by atoms with Gasteiger partial charge in [0.15, 0.2) is 0 Å². The molecule has 1 atom stereocenters. The molecule has 5 nitrogen and oxygen atoms in total. The Balaban J connectivity index is 2.24. The molecule has 1 aliphatic heterocycles. The number of ether oxygens (including phenoxy) is 1. The van der Waals surface area contributed by atoms with Crippen molar-refractivity contribution in [1.29, 1.82) is 0 Å². The number of carbonyl (C=O) groups is 1. The fourth-order valence-electron chi connectivity index (χ4n) is 2.83. The molecular weight excluding hydrogens is 266 g/mol. The molecule has 108 valence electrons. The minimum absolute atomic E-state index is 0.101. The summed E-state index contributed by atoms with van der Waals surface area (Å²) in [4.78, 5) is 18.0. The van der Waals surface area contributed by atoms with Crippen LogP contribution >= 0.6 is 0 Å². The molecule has 0 aliphatic carbocycles. The van der Waals surface area contributed by atoms with E-state index in [1.807, 2.05) is 25.2 Å². The highest BCUT2D eigenvalue weighted by Crippen LogP contribution is 2.46. The van der Waals surface area contributed by atoms with Crippen molar-refractivity contribution in [3.8, 4) is 11.1 Å². The van der Waals surface area contributed by atoms with Gasteiger partial charge in [-0.05, 0) is 24.6 Å². The van der Waals surface area contributed by atoms with Crippen LogP contribution in [0.15, 0.2) is 30.5 Å². The van der Waals surface area contributed by atoms with Crippen LogP contribution in [0.25, 0.3) is 11.1 Å². The number of nitrogen functional groups attached to an aromatic ring is 1. The normalized spacial score (nSPS) is 16.1. The molecule has 1 aliphatic rings. The van der Waals surface area contributed by atoms with E-state index in [0.29, 0.717) is 5.69 Å². The molecule has 0 radical (unpaired) electrons. The Kier molecular flexibility index (Phi) is 3.05. The molecular formula is C16H17N3O2. The lowest BCUT2D eigenvalue weighted by atomic mass is 9.89. The number of methoxy groups -OCH3 is 1. The molecule has 2 aromatic rings. The maximum absolute atomic E-state index is 11.7. The summed E-state index contributed by atoms with van der Waals surface area (Å²) < 4.78 is 4.74. The third-order valence-corrected chi connectivity index (χ3v) is 4.07. The molecule has 0 bridgehead atoms. The molecule has 2 N–H and O–H groups in total. The van der Waals surface area contributed by atoms with Crippen LogP contribution in [0.4, 0.5) is 11.4 Å². The van der Waals surface area contributed by atoms with Gasteiger partial charge in [0.2, 0.25) is 0 Å². The van der Waals surface area contributed by atoms with E-state index in [1.54, 1.807) is 12.3 Å². The first-order valence-electron chi connectivity index (χ1n) is 6.74. The van der Waals surface area contributed by atoms with Crippen molar-refractivity contribution in [3.05, 3.63) is 41.7 Å². The van der Waals surface area contributed by atoms with Crippen LogP contribution in [0.5, 0.6) is 0 Å². The molecule has 0 spiro atoms. The minimum Gasteiger partial charge on any atom is -0.464 e. The van der Waals surface area contributed by atoms with Gasteiger partial charge in [-0.1, -0.05) is 12.1 Å². The fourth-order valence-corrected chi connectivity index (χ4v) is 2.83. The van der Waals surface area contributed by atoms with Crippen LogP contribution in [0.1, 0.15) is 29.0 Å². The quantitative estimate of drug-likeness (QED) is 0.643. The largest absolute Gasteiger partial charge is 0.464 e. The molecule has 2 heterocycles. The number of nitrogens with two attached hydrogens (primary N) is 1. The summed E-state index contributed by atoms with van der Waals surface area (Å²) in [7, 11) is 3.36. The standard InChI is InChI=1S/C16H17N3O2/c1-9-11-7-14(16(20)21-3)18-8-12(11)10-5-4-6-13(17)15(10)19(9)2/h4-9H,17H2,1-3H3/t9-/m0/s1. The van der Waals surface area contributed by atoms with Crippen LogP contribution in [0, 0.1) is 0 Å². The van der Waals surface area contributed by atoms with Crippen molar-refractivity contribution in [2.45, 2.75) is 13.0 Å². The van der Waals surface area contributed by atoms with Crippen LogP contribution in [0.3, 0.4) is 0 Å². The van der Waals surface area contributed by atoms with Crippen molar-refractivity contribution in [3.63, 3.8) is 0 Å². The number of nitrogens with zero attached hydrogens (tertiary/aromatic N) is 2. The summed E-state index contributed by atoms with van der Waals surface area (Å²) >= 11 is 0. The van der Waals surface area contributed by atoms with Gasteiger partial charge in [0, 0.05) is 24.4 Å². The van der Waals surface area contributed by atoms with Crippen molar-refractivity contribution in [1.82, 2.24) is 4.98 Å². The fraction of sp³-hybridized carbons (Fsp3) is 0.250. The average Bonchev–Trinajstić information content (AvgIpc) is 2.51.